The van der Waals surface area contributed by atoms with Crippen molar-refractivity contribution >= 4 is 5.71 Å². The van der Waals surface area contributed by atoms with Crippen LogP contribution in [0.15, 0.2) is 4.99 Å². The van der Waals surface area contributed by atoms with Crippen LogP contribution in [0.25, 0.3) is 0 Å². The first-order valence-electron chi connectivity index (χ1n) is 3.19. The van der Waals surface area contributed by atoms with E-state index < -0.39 is 0 Å². The molecule has 0 aliphatic carbocycles. The van der Waals surface area contributed by atoms with E-state index in [4.69, 9.17) is 0 Å². The maximum Gasteiger partial charge on any atom is 0.0360 e. The Kier molecular flexibility index (Phi) is 3.49. The Labute approximate surface area is 51.8 Å². The summed E-state index contributed by atoms with van der Waals surface area (Å²) in [6.07, 6.45) is 0. The van der Waals surface area contributed by atoms with Crippen molar-refractivity contribution in [1.82, 2.24) is 0 Å². The van der Waals surface area contributed by atoms with Crippen LogP contribution in [0, 0.1) is 5.92 Å². The molecule has 0 unspecified atom stereocenters. The molecule has 8 heavy (non-hydrogen) atoms. The van der Waals surface area contributed by atoms with Crippen molar-refractivity contribution in [3.8, 4) is 0 Å². The van der Waals surface area contributed by atoms with Crippen LogP contribution in [-0.2, 0) is 0 Å². The molecule has 0 rings (SSSR count). The molecule has 0 atom stereocenters. The molecule has 1 nitrogen and oxygen atoms in total. The third-order valence-corrected chi connectivity index (χ3v) is 1.24. The van der Waals surface area contributed by atoms with Gasteiger partial charge >= 0.3 is 0 Å². The van der Waals surface area contributed by atoms with Gasteiger partial charge in [-0.15, -0.1) is 0 Å². The second-order valence-electron chi connectivity index (χ2n) is 2.27. The minimum absolute atomic E-state index is 0.620. The molecule has 0 amide bonds. The van der Waals surface area contributed by atoms with Crippen LogP contribution in [0.5, 0.6) is 0 Å². The van der Waals surface area contributed by atoms with Crippen molar-refractivity contribution in [2.45, 2.75) is 27.7 Å². The van der Waals surface area contributed by atoms with Crippen LogP contribution in [0.3, 0.4) is 0 Å². The average molecular weight is 113 g/mol. The molecule has 0 spiro atoms. The van der Waals surface area contributed by atoms with Crippen LogP contribution in [0.4, 0.5) is 0 Å². The molecule has 0 aromatic heterocycles. The van der Waals surface area contributed by atoms with Gasteiger partial charge in [0.25, 0.3) is 0 Å². The quantitative estimate of drug-likeness (QED) is 0.486. The lowest BCUT2D eigenvalue weighted by molar-refractivity contribution is 0.866. The summed E-state index contributed by atoms with van der Waals surface area (Å²) in [5.41, 5.74) is 1.26. The fourth-order valence-corrected chi connectivity index (χ4v) is 0.432. The summed E-state index contributed by atoms with van der Waals surface area (Å²) in [5.74, 6) is 0.620. The van der Waals surface area contributed by atoms with Crippen LogP contribution in [0.2, 0.25) is 0 Å². The minimum Gasteiger partial charge on any atom is -0.294 e. The number of hydrogen-bond donors (Lipinski definition) is 0. The zero-order valence-electron chi connectivity index (χ0n) is 6.23. The summed E-state index contributed by atoms with van der Waals surface area (Å²) >= 11 is 0. The van der Waals surface area contributed by atoms with Crippen LogP contribution in [0.1, 0.15) is 27.7 Å². The van der Waals surface area contributed by atoms with Gasteiger partial charge in [0, 0.05) is 12.3 Å². The highest BCUT2D eigenvalue weighted by molar-refractivity contribution is 5.83. The summed E-state index contributed by atoms with van der Waals surface area (Å²) in [4.78, 5) is 4.24. The van der Waals surface area contributed by atoms with Gasteiger partial charge in [-0.1, -0.05) is 13.8 Å². The molecule has 0 aromatic carbocycles. The van der Waals surface area contributed by atoms with Gasteiger partial charge in [0.05, 0.1) is 0 Å². The van der Waals surface area contributed by atoms with Crippen LogP contribution >= 0.6 is 0 Å². The van der Waals surface area contributed by atoms with Crippen LogP contribution < -0.4 is 0 Å². The van der Waals surface area contributed by atoms with E-state index in [1.54, 1.807) is 0 Å². The average Bonchev–Trinajstić information content (AvgIpc) is 1.67. The maximum atomic E-state index is 4.24. The van der Waals surface area contributed by atoms with Gasteiger partial charge in [-0.3, -0.25) is 4.99 Å². The van der Waals surface area contributed by atoms with Crippen molar-refractivity contribution in [2.24, 2.45) is 10.9 Å². The van der Waals surface area contributed by atoms with Crippen molar-refractivity contribution in [2.75, 3.05) is 6.54 Å². The highest BCUT2D eigenvalue weighted by Crippen LogP contribution is 1.94. The molecule has 0 fully saturated rings. The van der Waals surface area contributed by atoms with E-state index in [0.717, 1.165) is 6.54 Å². The van der Waals surface area contributed by atoms with Crippen molar-refractivity contribution in [3.05, 3.63) is 0 Å². The normalized spacial score (nSPS) is 12.9. The lowest BCUT2D eigenvalue weighted by Gasteiger charge is -2.00. The monoisotopic (exact) mass is 113 g/mol. The predicted molar refractivity (Wildman–Crippen MR) is 38.5 cm³/mol. The van der Waals surface area contributed by atoms with Gasteiger partial charge in [0.1, 0.15) is 0 Å². The number of rotatable bonds is 2. The maximum absolute atomic E-state index is 4.24. The minimum atomic E-state index is 0.620. The SMILES string of the molecule is CC/N=C(/C)C(C)C. The first-order valence-corrected chi connectivity index (χ1v) is 3.19. The Morgan fingerprint density at radius 1 is 1.50 bits per heavy atom. The molecule has 0 aliphatic heterocycles. The molecule has 0 aliphatic rings. The molecule has 1 heteroatoms. The van der Waals surface area contributed by atoms with Gasteiger partial charge in [-0.25, -0.2) is 0 Å². The molecule has 0 heterocycles. The standard InChI is InChI=1S/C7H15N/c1-5-8-7(4)6(2)3/h6H,5H2,1-4H3/b8-7-. The molecular weight excluding hydrogens is 98.1 g/mol. The summed E-state index contributed by atoms with van der Waals surface area (Å²) in [5, 5.41) is 0. The Balaban J connectivity index is 3.61. The molecule has 0 N–H and O–H groups in total. The fraction of sp³-hybridized carbons (Fsp3) is 0.857. The molecular formula is C7H15N. The highest BCUT2D eigenvalue weighted by atomic mass is 14.7. The first-order chi connectivity index (χ1) is 3.68. The Morgan fingerprint density at radius 2 is 2.00 bits per heavy atom. The molecule has 0 saturated heterocycles. The number of hydrogen-bond acceptors (Lipinski definition) is 1. The van der Waals surface area contributed by atoms with E-state index in [1.807, 2.05) is 0 Å². The predicted octanol–water partition coefficient (Wildman–Crippen LogP) is 2.12. The molecule has 48 valence electrons. The van der Waals surface area contributed by atoms with Gasteiger partial charge in [0.2, 0.25) is 0 Å². The molecule has 0 saturated carbocycles. The lowest BCUT2D eigenvalue weighted by Crippen LogP contribution is -2.01. The summed E-state index contributed by atoms with van der Waals surface area (Å²) in [6.45, 7) is 9.38. The van der Waals surface area contributed by atoms with Crippen molar-refractivity contribution < 1.29 is 0 Å². The van der Waals surface area contributed by atoms with E-state index in [9.17, 15) is 0 Å². The van der Waals surface area contributed by atoms with Crippen molar-refractivity contribution in [1.29, 1.82) is 0 Å². The van der Waals surface area contributed by atoms with E-state index in [0.29, 0.717) is 5.92 Å². The van der Waals surface area contributed by atoms with E-state index in [-0.39, 0.29) is 0 Å². The third kappa shape index (κ3) is 2.78. The second-order valence-corrected chi connectivity index (χ2v) is 2.27. The van der Waals surface area contributed by atoms with E-state index in [2.05, 4.69) is 32.7 Å². The van der Waals surface area contributed by atoms with Crippen LogP contribution in [-0.4, -0.2) is 12.3 Å². The molecule has 0 aromatic rings. The Hall–Kier alpha value is -0.330. The van der Waals surface area contributed by atoms with Crippen molar-refractivity contribution in [3.63, 3.8) is 0 Å². The number of aliphatic imine (C=N–C) groups is 1. The zero-order chi connectivity index (χ0) is 6.57. The van der Waals surface area contributed by atoms with Gasteiger partial charge < -0.3 is 0 Å². The summed E-state index contributed by atoms with van der Waals surface area (Å²) in [7, 11) is 0. The molecule has 0 radical (unpaired) electrons. The lowest BCUT2D eigenvalue weighted by atomic mass is 10.1. The fourth-order valence-electron chi connectivity index (χ4n) is 0.432. The zero-order valence-corrected chi connectivity index (χ0v) is 6.23. The van der Waals surface area contributed by atoms with Gasteiger partial charge in [0.15, 0.2) is 0 Å². The second kappa shape index (κ2) is 3.65. The Bertz CT molecular complexity index is 82.4. The number of nitrogens with zero attached hydrogens (tertiary/aromatic N) is 1. The third-order valence-electron chi connectivity index (χ3n) is 1.24. The summed E-state index contributed by atoms with van der Waals surface area (Å²) < 4.78 is 0. The van der Waals surface area contributed by atoms with E-state index in [1.165, 1.54) is 5.71 Å². The summed E-state index contributed by atoms with van der Waals surface area (Å²) in [6, 6.07) is 0. The topological polar surface area (TPSA) is 12.4 Å². The smallest absolute Gasteiger partial charge is 0.0360 e. The van der Waals surface area contributed by atoms with Gasteiger partial charge in [-0.05, 0) is 19.8 Å². The highest BCUT2D eigenvalue weighted by Gasteiger charge is 1.93. The largest absolute Gasteiger partial charge is 0.294 e. The Morgan fingerprint density at radius 3 is 2.12 bits per heavy atom. The van der Waals surface area contributed by atoms with E-state index >= 15 is 0 Å². The van der Waals surface area contributed by atoms with Gasteiger partial charge in [-0.2, -0.15) is 0 Å². The molecule has 0 bridgehead atoms. The first kappa shape index (κ1) is 7.67.